The average Bonchev–Trinajstić information content (AvgIpc) is 2.75. The highest BCUT2D eigenvalue weighted by Crippen LogP contribution is 2.20. The van der Waals surface area contributed by atoms with Crippen LogP contribution in [0.4, 0.5) is 0 Å². The Morgan fingerprint density at radius 1 is 1.18 bits per heavy atom. The molecule has 0 bridgehead atoms. The second-order valence-corrected chi connectivity index (χ2v) is 5.55. The molecule has 2 saturated heterocycles. The highest BCUT2D eigenvalue weighted by molar-refractivity contribution is 4.86. The molecule has 0 aromatic heterocycles. The van der Waals surface area contributed by atoms with E-state index in [4.69, 9.17) is 4.74 Å². The number of piperazine rings is 1. The SMILES string of the molecule is CN(C)CCOCCN1CCN2CCCC2C1. The molecule has 0 saturated carbocycles. The summed E-state index contributed by atoms with van der Waals surface area (Å²) in [6.45, 7) is 8.97. The molecule has 4 heteroatoms. The first-order chi connectivity index (χ1) is 8.25. The van der Waals surface area contributed by atoms with Gasteiger partial charge >= 0.3 is 0 Å². The van der Waals surface area contributed by atoms with Gasteiger partial charge in [-0.1, -0.05) is 0 Å². The molecule has 0 radical (unpaired) electrons. The van der Waals surface area contributed by atoms with Gasteiger partial charge in [0.1, 0.15) is 0 Å². The summed E-state index contributed by atoms with van der Waals surface area (Å²) >= 11 is 0. The van der Waals surface area contributed by atoms with Crippen LogP contribution in [-0.2, 0) is 4.74 Å². The fourth-order valence-electron chi connectivity index (χ4n) is 2.80. The van der Waals surface area contributed by atoms with Crippen LogP contribution >= 0.6 is 0 Å². The Hall–Kier alpha value is -0.160. The molecule has 2 aliphatic rings. The predicted octanol–water partition coefficient (Wildman–Crippen LogP) is 0.345. The van der Waals surface area contributed by atoms with Crippen LogP contribution in [0.1, 0.15) is 12.8 Å². The summed E-state index contributed by atoms with van der Waals surface area (Å²) < 4.78 is 5.66. The van der Waals surface area contributed by atoms with E-state index in [1.165, 1.54) is 39.0 Å². The predicted molar refractivity (Wildman–Crippen MR) is 70.4 cm³/mol. The van der Waals surface area contributed by atoms with Gasteiger partial charge in [-0.3, -0.25) is 9.80 Å². The fraction of sp³-hybridized carbons (Fsp3) is 1.00. The molecule has 2 fully saturated rings. The third-order valence-corrected chi connectivity index (χ3v) is 3.91. The standard InChI is InChI=1S/C13H27N3O/c1-14(2)8-10-17-11-9-15-6-7-16-5-3-4-13(16)12-15/h13H,3-12H2,1-2H3. The van der Waals surface area contributed by atoms with E-state index in [1.54, 1.807) is 0 Å². The molecule has 0 aliphatic carbocycles. The molecule has 2 heterocycles. The molecule has 0 aromatic rings. The van der Waals surface area contributed by atoms with E-state index >= 15 is 0 Å². The number of nitrogens with zero attached hydrogens (tertiary/aromatic N) is 3. The summed E-state index contributed by atoms with van der Waals surface area (Å²) in [4.78, 5) is 7.39. The molecule has 1 unspecified atom stereocenters. The van der Waals surface area contributed by atoms with Crippen molar-refractivity contribution in [2.45, 2.75) is 18.9 Å². The van der Waals surface area contributed by atoms with Gasteiger partial charge in [0.05, 0.1) is 13.2 Å². The smallest absolute Gasteiger partial charge is 0.0594 e. The van der Waals surface area contributed by atoms with Crippen LogP contribution in [-0.4, -0.2) is 87.3 Å². The van der Waals surface area contributed by atoms with Gasteiger partial charge in [-0.25, -0.2) is 0 Å². The second-order valence-electron chi connectivity index (χ2n) is 5.55. The maximum Gasteiger partial charge on any atom is 0.0594 e. The van der Waals surface area contributed by atoms with Crippen LogP contribution in [0.25, 0.3) is 0 Å². The summed E-state index contributed by atoms with van der Waals surface area (Å²) in [5, 5.41) is 0. The molecular formula is C13H27N3O. The molecule has 0 aromatic carbocycles. The van der Waals surface area contributed by atoms with Gasteiger partial charge in [0.2, 0.25) is 0 Å². The topological polar surface area (TPSA) is 19.0 Å². The molecular weight excluding hydrogens is 214 g/mol. The molecule has 100 valence electrons. The number of likely N-dealkylation sites (N-methyl/N-ethyl adjacent to an activating group) is 1. The lowest BCUT2D eigenvalue weighted by Crippen LogP contribution is -2.50. The Balaban J connectivity index is 1.54. The van der Waals surface area contributed by atoms with Crippen molar-refractivity contribution in [1.82, 2.24) is 14.7 Å². The molecule has 4 nitrogen and oxygen atoms in total. The molecule has 0 amide bonds. The zero-order valence-electron chi connectivity index (χ0n) is 11.4. The van der Waals surface area contributed by atoms with Crippen molar-refractivity contribution >= 4 is 0 Å². The third-order valence-electron chi connectivity index (χ3n) is 3.91. The zero-order chi connectivity index (χ0) is 12.1. The van der Waals surface area contributed by atoms with Crippen LogP contribution in [0, 0.1) is 0 Å². The van der Waals surface area contributed by atoms with Crippen molar-refractivity contribution in [1.29, 1.82) is 0 Å². The number of fused-ring (bicyclic) bond motifs is 1. The average molecular weight is 241 g/mol. The molecule has 0 N–H and O–H groups in total. The van der Waals surface area contributed by atoms with Crippen LogP contribution in [0.2, 0.25) is 0 Å². The van der Waals surface area contributed by atoms with Crippen LogP contribution in [0.5, 0.6) is 0 Å². The Labute approximate surface area is 105 Å². The summed E-state index contributed by atoms with van der Waals surface area (Å²) in [5.41, 5.74) is 0. The summed E-state index contributed by atoms with van der Waals surface area (Å²) in [5.74, 6) is 0. The monoisotopic (exact) mass is 241 g/mol. The number of hydrogen-bond donors (Lipinski definition) is 0. The first-order valence-electron chi connectivity index (χ1n) is 6.94. The lowest BCUT2D eigenvalue weighted by Gasteiger charge is -2.37. The maximum atomic E-state index is 5.66. The number of ether oxygens (including phenoxy) is 1. The van der Waals surface area contributed by atoms with Crippen LogP contribution in [0.15, 0.2) is 0 Å². The van der Waals surface area contributed by atoms with Crippen molar-refractivity contribution < 1.29 is 4.74 Å². The van der Waals surface area contributed by atoms with Gasteiger partial charge in [-0.15, -0.1) is 0 Å². The summed E-state index contributed by atoms with van der Waals surface area (Å²) in [6.07, 6.45) is 2.80. The third kappa shape index (κ3) is 4.21. The maximum absolute atomic E-state index is 5.66. The molecule has 1 atom stereocenters. The molecule has 2 aliphatic heterocycles. The Kier molecular flexibility index (Phi) is 5.22. The Morgan fingerprint density at radius 3 is 2.88 bits per heavy atom. The minimum absolute atomic E-state index is 0.838. The van der Waals surface area contributed by atoms with E-state index < -0.39 is 0 Å². The van der Waals surface area contributed by atoms with E-state index in [0.717, 1.165) is 32.3 Å². The van der Waals surface area contributed by atoms with Crippen molar-refractivity contribution in [2.24, 2.45) is 0 Å². The van der Waals surface area contributed by atoms with E-state index in [2.05, 4.69) is 28.8 Å². The first kappa shape index (κ1) is 13.3. The summed E-state index contributed by atoms with van der Waals surface area (Å²) in [7, 11) is 4.17. The van der Waals surface area contributed by atoms with Gasteiger partial charge in [0, 0.05) is 38.8 Å². The van der Waals surface area contributed by atoms with Gasteiger partial charge < -0.3 is 9.64 Å². The fourth-order valence-corrected chi connectivity index (χ4v) is 2.80. The zero-order valence-corrected chi connectivity index (χ0v) is 11.4. The van der Waals surface area contributed by atoms with E-state index in [-0.39, 0.29) is 0 Å². The van der Waals surface area contributed by atoms with Gasteiger partial charge in [0.25, 0.3) is 0 Å². The van der Waals surface area contributed by atoms with Crippen molar-refractivity contribution in [3.63, 3.8) is 0 Å². The highest BCUT2D eigenvalue weighted by Gasteiger charge is 2.29. The van der Waals surface area contributed by atoms with E-state index in [1.807, 2.05) is 0 Å². The van der Waals surface area contributed by atoms with E-state index in [0.29, 0.717) is 0 Å². The van der Waals surface area contributed by atoms with Crippen molar-refractivity contribution in [2.75, 3.05) is 66.6 Å². The first-order valence-corrected chi connectivity index (χ1v) is 6.94. The quantitative estimate of drug-likeness (QED) is 0.624. The van der Waals surface area contributed by atoms with Crippen LogP contribution < -0.4 is 0 Å². The minimum Gasteiger partial charge on any atom is -0.379 e. The molecule has 2 rings (SSSR count). The summed E-state index contributed by atoms with van der Waals surface area (Å²) in [6, 6.07) is 0.838. The van der Waals surface area contributed by atoms with Crippen molar-refractivity contribution in [3.8, 4) is 0 Å². The van der Waals surface area contributed by atoms with Gasteiger partial charge in [0.15, 0.2) is 0 Å². The second kappa shape index (κ2) is 6.69. The lowest BCUT2D eigenvalue weighted by molar-refractivity contribution is 0.0575. The highest BCUT2D eigenvalue weighted by atomic mass is 16.5. The Morgan fingerprint density at radius 2 is 2.06 bits per heavy atom. The Bertz CT molecular complexity index is 223. The minimum atomic E-state index is 0.838. The largest absolute Gasteiger partial charge is 0.379 e. The van der Waals surface area contributed by atoms with Crippen molar-refractivity contribution in [3.05, 3.63) is 0 Å². The molecule has 0 spiro atoms. The van der Waals surface area contributed by atoms with E-state index in [9.17, 15) is 0 Å². The normalized spacial score (nSPS) is 26.6. The number of hydrogen-bond acceptors (Lipinski definition) is 4. The van der Waals surface area contributed by atoms with Gasteiger partial charge in [-0.2, -0.15) is 0 Å². The number of rotatable bonds is 6. The molecule has 17 heavy (non-hydrogen) atoms. The lowest BCUT2D eigenvalue weighted by atomic mass is 10.1. The van der Waals surface area contributed by atoms with Gasteiger partial charge in [-0.05, 0) is 33.5 Å². The van der Waals surface area contributed by atoms with Crippen LogP contribution in [0.3, 0.4) is 0 Å².